The maximum Gasteiger partial charge on any atom is 0.247 e. The van der Waals surface area contributed by atoms with Crippen LogP contribution in [0.2, 0.25) is 0 Å². The van der Waals surface area contributed by atoms with Crippen LogP contribution < -0.4 is 5.32 Å². The predicted octanol–water partition coefficient (Wildman–Crippen LogP) is 2.89. The molecule has 0 amide bonds. The second kappa shape index (κ2) is 8.54. The Morgan fingerprint density at radius 2 is 2.00 bits per heavy atom. The van der Waals surface area contributed by atoms with Gasteiger partial charge in [-0.05, 0) is 31.0 Å². The molecule has 0 aliphatic heterocycles. The molecule has 0 saturated carbocycles. The van der Waals surface area contributed by atoms with Crippen molar-refractivity contribution in [1.29, 1.82) is 0 Å². The molecule has 1 aromatic carbocycles. The van der Waals surface area contributed by atoms with Gasteiger partial charge in [-0.15, -0.1) is 10.2 Å². The van der Waals surface area contributed by atoms with Gasteiger partial charge in [0.05, 0.1) is 6.54 Å². The average molecular weight is 289 g/mol. The van der Waals surface area contributed by atoms with Gasteiger partial charge in [-0.2, -0.15) is 0 Å². The molecule has 0 saturated heterocycles. The van der Waals surface area contributed by atoms with Crippen molar-refractivity contribution in [2.45, 2.75) is 26.8 Å². The van der Waals surface area contributed by atoms with Gasteiger partial charge in [-0.25, -0.2) is 0 Å². The van der Waals surface area contributed by atoms with Crippen LogP contribution in [0.4, 0.5) is 0 Å². The number of nitrogens with one attached hydrogen (secondary N) is 1. The molecule has 114 valence electrons. The molecule has 5 heteroatoms. The third kappa shape index (κ3) is 5.65. The Morgan fingerprint density at radius 1 is 1.19 bits per heavy atom. The lowest BCUT2D eigenvalue weighted by atomic mass is 10.2. The van der Waals surface area contributed by atoms with Gasteiger partial charge in [0.2, 0.25) is 11.8 Å². The highest BCUT2D eigenvalue weighted by Crippen LogP contribution is 2.16. The van der Waals surface area contributed by atoms with E-state index in [-0.39, 0.29) is 0 Å². The molecule has 5 nitrogen and oxygen atoms in total. The minimum absolute atomic E-state index is 0.563. The van der Waals surface area contributed by atoms with E-state index in [2.05, 4.69) is 29.4 Å². The van der Waals surface area contributed by atoms with Crippen molar-refractivity contribution >= 4 is 0 Å². The Balaban J connectivity index is 1.65. The molecule has 2 aromatic rings. The molecule has 1 aromatic heterocycles. The Labute approximate surface area is 125 Å². The van der Waals surface area contributed by atoms with E-state index < -0.39 is 0 Å². The number of rotatable bonds is 9. The van der Waals surface area contributed by atoms with E-state index in [1.54, 1.807) is 0 Å². The van der Waals surface area contributed by atoms with Crippen LogP contribution in [0.15, 0.2) is 34.7 Å². The molecular formula is C16H23N3O2. The van der Waals surface area contributed by atoms with Crippen LogP contribution in [0, 0.1) is 5.92 Å². The van der Waals surface area contributed by atoms with E-state index in [4.69, 9.17) is 9.15 Å². The molecule has 2 rings (SSSR count). The SMILES string of the molecule is CC(C)COCCCNCc1nnc(-c2ccccc2)o1. The number of hydrogen-bond donors (Lipinski definition) is 1. The molecular weight excluding hydrogens is 266 g/mol. The fourth-order valence-corrected chi connectivity index (χ4v) is 1.84. The quantitative estimate of drug-likeness (QED) is 0.719. The lowest BCUT2D eigenvalue weighted by Gasteiger charge is -2.06. The summed E-state index contributed by atoms with van der Waals surface area (Å²) in [5.41, 5.74) is 0.943. The third-order valence-electron chi connectivity index (χ3n) is 2.86. The maximum absolute atomic E-state index is 5.61. The zero-order chi connectivity index (χ0) is 14.9. The monoisotopic (exact) mass is 289 g/mol. The molecule has 21 heavy (non-hydrogen) atoms. The zero-order valence-electron chi connectivity index (χ0n) is 12.7. The van der Waals surface area contributed by atoms with E-state index in [1.807, 2.05) is 30.3 Å². The van der Waals surface area contributed by atoms with Crippen molar-refractivity contribution in [3.05, 3.63) is 36.2 Å². The van der Waals surface area contributed by atoms with Crippen molar-refractivity contribution in [3.8, 4) is 11.5 Å². The highest BCUT2D eigenvalue weighted by molar-refractivity contribution is 5.51. The van der Waals surface area contributed by atoms with Crippen LogP contribution in [0.3, 0.4) is 0 Å². The normalized spacial score (nSPS) is 11.2. The van der Waals surface area contributed by atoms with E-state index in [0.717, 1.165) is 31.7 Å². The first-order chi connectivity index (χ1) is 10.3. The summed E-state index contributed by atoms with van der Waals surface area (Å²) in [5.74, 6) is 1.76. The minimum atomic E-state index is 0.563. The van der Waals surface area contributed by atoms with Crippen LogP contribution >= 0.6 is 0 Å². The van der Waals surface area contributed by atoms with Crippen molar-refractivity contribution < 1.29 is 9.15 Å². The summed E-state index contributed by atoms with van der Waals surface area (Å²) >= 11 is 0. The van der Waals surface area contributed by atoms with E-state index in [0.29, 0.717) is 24.2 Å². The first-order valence-corrected chi connectivity index (χ1v) is 7.42. The van der Waals surface area contributed by atoms with Crippen molar-refractivity contribution in [3.63, 3.8) is 0 Å². The molecule has 1 N–H and O–H groups in total. The first-order valence-electron chi connectivity index (χ1n) is 7.42. The minimum Gasteiger partial charge on any atom is -0.419 e. The summed E-state index contributed by atoms with van der Waals surface area (Å²) in [4.78, 5) is 0. The van der Waals surface area contributed by atoms with Crippen LogP contribution in [0.25, 0.3) is 11.5 Å². The summed E-state index contributed by atoms with van der Waals surface area (Å²) in [5, 5.41) is 11.4. The number of hydrogen-bond acceptors (Lipinski definition) is 5. The van der Waals surface area contributed by atoms with Gasteiger partial charge in [0.25, 0.3) is 0 Å². The molecule has 0 radical (unpaired) electrons. The van der Waals surface area contributed by atoms with Gasteiger partial charge < -0.3 is 14.5 Å². The summed E-state index contributed by atoms with van der Waals surface area (Å²) in [6.07, 6.45) is 0.979. The predicted molar refractivity (Wildman–Crippen MR) is 81.7 cm³/mol. The van der Waals surface area contributed by atoms with Gasteiger partial charge >= 0.3 is 0 Å². The van der Waals surface area contributed by atoms with Crippen molar-refractivity contribution in [2.75, 3.05) is 19.8 Å². The first kappa shape index (κ1) is 15.7. The number of ether oxygens (including phenoxy) is 1. The second-order valence-corrected chi connectivity index (χ2v) is 5.37. The Morgan fingerprint density at radius 3 is 2.76 bits per heavy atom. The molecule has 1 heterocycles. The molecule has 0 fully saturated rings. The fraction of sp³-hybridized carbons (Fsp3) is 0.500. The third-order valence-corrected chi connectivity index (χ3v) is 2.86. The van der Waals surface area contributed by atoms with Gasteiger partial charge in [-0.3, -0.25) is 0 Å². The molecule has 0 spiro atoms. The smallest absolute Gasteiger partial charge is 0.247 e. The Kier molecular flexibility index (Phi) is 6.37. The summed E-state index contributed by atoms with van der Waals surface area (Å²) in [6, 6.07) is 9.78. The molecule has 0 unspecified atom stereocenters. The average Bonchev–Trinajstić information content (AvgIpc) is 2.96. The highest BCUT2D eigenvalue weighted by atomic mass is 16.5. The van der Waals surface area contributed by atoms with Crippen LogP contribution in [0.5, 0.6) is 0 Å². The number of benzene rings is 1. The van der Waals surface area contributed by atoms with Crippen molar-refractivity contribution in [2.24, 2.45) is 5.92 Å². The van der Waals surface area contributed by atoms with Crippen LogP contribution in [-0.2, 0) is 11.3 Å². The van der Waals surface area contributed by atoms with E-state index in [9.17, 15) is 0 Å². The topological polar surface area (TPSA) is 60.2 Å². The molecule has 0 bridgehead atoms. The second-order valence-electron chi connectivity index (χ2n) is 5.37. The highest BCUT2D eigenvalue weighted by Gasteiger charge is 2.07. The molecule has 0 atom stereocenters. The lowest BCUT2D eigenvalue weighted by molar-refractivity contribution is 0.108. The number of aromatic nitrogens is 2. The Bertz CT molecular complexity index is 511. The lowest BCUT2D eigenvalue weighted by Crippen LogP contribution is -2.17. The van der Waals surface area contributed by atoms with E-state index >= 15 is 0 Å². The fourth-order valence-electron chi connectivity index (χ4n) is 1.84. The van der Waals surface area contributed by atoms with Gasteiger partial charge in [-0.1, -0.05) is 32.0 Å². The summed E-state index contributed by atoms with van der Waals surface area (Å²) < 4.78 is 11.1. The van der Waals surface area contributed by atoms with E-state index in [1.165, 1.54) is 0 Å². The molecule has 0 aliphatic rings. The standard InChI is InChI=1S/C16H23N3O2/c1-13(2)12-20-10-6-9-17-11-15-18-19-16(21-15)14-7-4-3-5-8-14/h3-5,7-8,13,17H,6,9-12H2,1-2H3. The van der Waals surface area contributed by atoms with Crippen molar-refractivity contribution in [1.82, 2.24) is 15.5 Å². The maximum atomic E-state index is 5.61. The largest absolute Gasteiger partial charge is 0.419 e. The van der Waals surface area contributed by atoms with Crippen LogP contribution in [-0.4, -0.2) is 30.0 Å². The van der Waals surface area contributed by atoms with Gasteiger partial charge in [0, 0.05) is 18.8 Å². The molecule has 0 aliphatic carbocycles. The zero-order valence-corrected chi connectivity index (χ0v) is 12.7. The van der Waals surface area contributed by atoms with Gasteiger partial charge in [0.15, 0.2) is 0 Å². The summed E-state index contributed by atoms with van der Waals surface area (Å²) in [6.45, 7) is 7.37. The van der Waals surface area contributed by atoms with Crippen LogP contribution in [0.1, 0.15) is 26.2 Å². The summed E-state index contributed by atoms with van der Waals surface area (Å²) in [7, 11) is 0. The Hall–Kier alpha value is -1.72. The number of nitrogens with zero attached hydrogens (tertiary/aromatic N) is 2. The van der Waals surface area contributed by atoms with Gasteiger partial charge in [0.1, 0.15) is 0 Å².